The topological polar surface area (TPSA) is 57.2 Å². The van der Waals surface area contributed by atoms with Crippen LogP contribution in [-0.4, -0.2) is 24.1 Å². The number of halogens is 4. The van der Waals surface area contributed by atoms with E-state index in [2.05, 4.69) is 6.58 Å². The van der Waals surface area contributed by atoms with Gasteiger partial charge in [0.25, 0.3) is 0 Å². The first-order valence-electron chi connectivity index (χ1n) is 2.41. The van der Waals surface area contributed by atoms with Crippen LogP contribution in [0.4, 0.5) is 17.6 Å². The Hall–Kier alpha value is -0.630. The van der Waals surface area contributed by atoms with Crippen molar-refractivity contribution in [2.45, 2.75) is 11.2 Å². The third-order valence-electron chi connectivity index (χ3n) is 0.958. The van der Waals surface area contributed by atoms with Gasteiger partial charge in [-0.2, -0.15) is 17.6 Å². The SMILES string of the molecule is C=CC(F)(F)C(F)(F)S(=O)(=O)[O-]. The summed E-state index contributed by atoms with van der Waals surface area (Å²) in [5.41, 5.74) is 0. The molecule has 0 aliphatic carbocycles. The van der Waals surface area contributed by atoms with Crippen molar-refractivity contribution in [2.75, 3.05) is 0 Å². The minimum Gasteiger partial charge on any atom is -0.743 e. The molecule has 3 nitrogen and oxygen atoms in total. The van der Waals surface area contributed by atoms with Gasteiger partial charge < -0.3 is 4.55 Å². The van der Waals surface area contributed by atoms with Crippen molar-refractivity contribution in [1.82, 2.24) is 0 Å². The predicted octanol–water partition coefficient (Wildman–Crippen LogP) is 0.946. The Labute approximate surface area is 65.4 Å². The second kappa shape index (κ2) is 2.70. The Morgan fingerprint density at radius 2 is 1.58 bits per heavy atom. The molecule has 0 rings (SSSR count). The number of hydrogen-bond acceptors (Lipinski definition) is 3. The molecule has 0 fully saturated rings. The van der Waals surface area contributed by atoms with Crippen LogP contribution in [0, 0.1) is 0 Å². The van der Waals surface area contributed by atoms with Crippen molar-refractivity contribution >= 4 is 10.1 Å². The lowest BCUT2D eigenvalue weighted by Crippen LogP contribution is -2.45. The fraction of sp³-hybridized carbons (Fsp3) is 0.500. The summed E-state index contributed by atoms with van der Waals surface area (Å²) in [4.78, 5) is 0. The van der Waals surface area contributed by atoms with Crippen molar-refractivity contribution in [3.8, 4) is 0 Å². The van der Waals surface area contributed by atoms with Gasteiger partial charge in [-0.1, -0.05) is 6.58 Å². The fourth-order valence-corrected chi connectivity index (χ4v) is 0.702. The number of hydrogen-bond donors (Lipinski definition) is 0. The molecule has 0 saturated heterocycles. The summed E-state index contributed by atoms with van der Waals surface area (Å²) in [6.45, 7) is 2.28. The van der Waals surface area contributed by atoms with Gasteiger partial charge in [-0.05, 0) is 6.08 Å². The summed E-state index contributed by atoms with van der Waals surface area (Å²) in [6, 6.07) is 0. The van der Waals surface area contributed by atoms with Gasteiger partial charge in [-0.3, -0.25) is 0 Å². The maximum absolute atomic E-state index is 12.0. The first-order chi connectivity index (χ1) is 5.06. The van der Waals surface area contributed by atoms with E-state index in [-0.39, 0.29) is 0 Å². The Bertz CT molecular complexity index is 281. The van der Waals surface area contributed by atoms with Gasteiger partial charge in [-0.25, -0.2) is 8.42 Å². The van der Waals surface area contributed by atoms with Crippen LogP contribution in [0.3, 0.4) is 0 Å². The van der Waals surface area contributed by atoms with E-state index < -0.39 is 27.4 Å². The molecule has 0 bridgehead atoms. The van der Waals surface area contributed by atoms with Gasteiger partial charge in [0.15, 0.2) is 10.1 Å². The van der Waals surface area contributed by atoms with Crippen molar-refractivity contribution in [3.05, 3.63) is 12.7 Å². The molecule has 0 heterocycles. The van der Waals surface area contributed by atoms with E-state index in [1.165, 1.54) is 0 Å². The van der Waals surface area contributed by atoms with Gasteiger partial charge in [0.2, 0.25) is 0 Å². The number of rotatable bonds is 3. The molecule has 0 N–H and O–H groups in total. The molecular weight excluding hydrogens is 204 g/mol. The second-order valence-electron chi connectivity index (χ2n) is 1.80. The molecule has 0 aromatic heterocycles. The smallest absolute Gasteiger partial charge is 0.399 e. The first-order valence-corrected chi connectivity index (χ1v) is 3.82. The molecule has 12 heavy (non-hydrogen) atoms. The molecule has 0 unspecified atom stereocenters. The minimum absolute atomic E-state index is 0.595. The highest BCUT2D eigenvalue weighted by molar-refractivity contribution is 7.86. The highest BCUT2D eigenvalue weighted by atomic mass is 32.2. The molecule has 0 aromatic rings. The maximum atomic E-state index is 12.0. The second-order valence-corrected chi connectivity index (χ2v) is 3.22. The molecule has 0 radical (unpaired) electrons. The predicted molar refractivity (Wildman–Crippen MR) is 29.8 cm³/mol. The van der Waals surface area contributed by atoms with Crippen LogP contribution in [0.2, 0.25) is 0 Å². The monoisotopic (exact) mass is 207 g/mol. The normalized spacial score (nSPS) is 14.4. The summed E-state index contributed by atoms with van der Waals surface area (Å²) >= 11 is 0. The van der Waals surface area contributed by atoms with Crippen LogP contribution in [0.5, 0.6) is 0 Å². The summed E-state index contributed by atoms with van der Waals surface area (Å²) < 4.78 is 76.8. The van der Waals surface area contributed by atoms with Crippen LogP contribution in [0.15, 0.2) is 12.7 Å². The molecule has 0 amide bonds. The molecule has 8 heteroatoms. The van der Waals surface area contributed by atoms with Crippen LogP contribution >= 0.6 is 0 Å². The molecular formula is C4H3F4O3S-. The molecule has 0 aromatic carbocycles. The third-order valence-corrected chi connectivity index (χ3v) is 1.86. The van der Waals surface area contributed by atoms with Gasteiger partial charge in [-0.15, -0.1) is 0 Å². The maximum Gasteiger partial charge on any atom is 0.399 e. The molecule has 0 atom stereocenters. The summed E-state index contributed by atoms with van der Waals surface area (Å²) in [6.07, 6.45) is -0.595. The van der Waals surface area contributed by atoms with E-state index >= 15 is 0 Å². The van der Waals surface area contributed by atoms with Crippen molar-refractivity contribution in [2.24, 2.45) is 0 Å². The summed E-state index contributed by atoms with van der Waals surface area (Å²) in [5.74, 6) is -5.05. The number of allylic oxidation sites excluding steroid dienone is 1. The third kappa shape index (κ3) is 1.58. The standard InChI is InChI=1S/C4H4F4O3S/c1-2-3(5,6)4(7,8)12(9,10)11/h2H,1H2,(H,9,10,11)/p-1. The zero-order valence-electron chi connectivity index (χ0n) is 5.43. The molecule has 0 saturated carbocycles. The first kappa shape index (κ1) is 11.4. The lowest BCUT2D eigenvalue weighted by Gasteiger charge is -2.25. The highest BCUT2D eigenvalue weighted by Crippen LogP contribution is 2.38. The van der Waals surface area contributed by atoms with Crippen LogP contribution in [-0.2, 0) is 10.1 Å². The quantitative estimate of drug-likeness (QED) is 0.393. The van der Waals surface area contributed by atoms with Crippen molar-refractivity contribution in [1.29, 1.82) is 0 Å². The largest absolute Gasteiger partial charge is 0.743 e. The Kier molecular flexibility index (Phi) is 2.56. The average Bonchev–Trinajstić information content (AvgIpc) is 1.85. The van der Waals surface area contributed by atoms with Crippen LogP contribution < -0.4 is 0 Å². The van der Waals surface area contributed by atoms with Gasteiger partial charge in [0.1, 0.15) is 0 Å². The summed E-state index contributed by atoms with van der Waals surface area (Å²) in [7, 11) is -6.38. The van der Waals surface area contributed by atoms with Crippen LogP contribution in [0.1, 0.15) is 0 Å². The minimum atomic E-state index is -6.38. The fourth-order valence-electron chi connectivity index (χ4n) is 0.285. The Morgan fingerprint density at radius 1 is 1.25 bits per heavy atom. The average molecular weight is 207 g/mol. The highest BCUT2D eigenvalue weighted by Gasteiger charge is 2.59. The molecule has 0 aliphatic heterocycles. The van der Waals surface area contributed by atoms with E-state index in [1.807, 2.05) is 0 Å². The Balaban J connectivity index is 5.27. The zero-order chi connectivity index (χ0) is 10.2. The Morgan fingerprint density at radius 3 is 1.67 bits per heavy atom. The molecule has 0 aliphatic rings. The van der Waals surface area contributed by atoms with Gasteiger partial charge in [0.05, 0.1) is 0 Å². The lowest BCUT2D eigenvalue weighted by molar-refractivity contribution is -0.126. The van der Waals surface area contributed by atoms with Crippen molar-refractivity contribution in [3.63, 3.8) is 0 Å². The van der Waals surface area contributed by atoms with E-state index in [0.717, 1.165) is 0 Å². The summed E-state index contributed by atoms with van der Waals surface area (Å²) in [5, 5.41) is -5.65. The van der Waals surface area contributed by atoms with Gasteiger partial charge in [0, 0.05) is 0 Å². The molecule has 0 spiro atoms. The van der Waals surface area contributed by atoms with E-state index in [4.69, 9.17) is 0 Å². The molecule has 72 valence electrons. The van der Waals surface area contributed by atoms with Crippen LogP contribution in [0.25, 0.3) is 0 Å². The van der Waals surface area contributed by atoms with Crippen molar-refractivity contribution < 1.29 is 30.5 Å². The van der Waals surface area contributed by atoms with E-state index in [9.17, 15) is 30.5 Å². The zero-order valence-corrected chi connectivity index (χ0v) is 6.25. The lowest BCUT2D eigenvalue weighted by atomic mass is 10.3. The van der Waals surface area contributed by atoms with E-state index in [1.54, 1.807) is 0 Å². The van der Waals surface area contributed by atoms with Gasteiger partial charge >= 0.3 is 11.2 Å². The van der Waals surface area contributed by atoms with E-state index in [0.29, 0.717) is 0 Å². The number of alkyl halides is 4.